The molecule has 1 aliphatic rings. The fourth-order valence-corrected chi connectivity index (χ4v) is 2.61. The van der Waals surface area contributed by atoms with Crippen molar-refractivity contribution in [3.8, 4) is 0 Å². The predicted molar refractivity (Wildman–Crippen MR) is 90.6 cm³/mol. The van der Waals surface area contributed by atoms with E-state index in [9.17, 15) is 14.4 Å². The highest BCUT2D eigenvalue weighted by Crippen LogP contribution is 2.20. The molecule has 0 atom stereocenters. The van der Waals surface area contributed by atoms with Crippen molar-refractivity contribution in [1.82, 2.24) is 5.32 Å². The van der Waals surface area contributed by atoms with E-state index in [1.54, 1.807) is 38.1 Å². The molecule has 0 saturated heterocycles. The van der Waals surface area contributed by atoms with Crippen molar-refractivity contribution in [2.24, 2.45) is 5.92 Å². The van der Waals surface area contributed by atoms with Gasteiger partial charge in [0.25, 0.3) is 11.8 Å². The van der Waals surface area contributed by atoms with Crippen LogP contribution in [0.3, 0.4) is 0 Å². The lowest BCUT2D eigenvalue weighted by atomic mass is 10.1. The molecule has 1 aromatic carbocycles. The van der Waals surface area contributed by atoms with Crippen molar-refractivity contribution in [3.05, 3.63) is 29.8 Å². The average molecular weight is 332 g/mol. The van der Waals surface area contributed by atoms with Crippen LogP contribution in [0.1, 0.15) is 49.9 Å². The predicted octanol–water partition coefficient (Wildman–Crippen LogP) is 2.50. The summed E-state index contributed by atoms with van der Waals surface area (Å²) in [7, 11) is 0. The first kappa shape index (κ1) is 18.0. The summed E-state index contributed by atoms with van der Waals surface area (Å²) >= 11 is 0. The van der Waals surface area contributed by atoms with E-state index in [4.69, 9.17) is 4.74 Å². The number of hydrogen-bond acceptors (Lipinski definition) is 4. The summed E-state index contributed by atoms with van der Waals surface area (Å²) in [5.74, 6) is -1.39. The highest BCUT2D eigenvalue weighted by Gasteiger charge is 2.20. The lowest BCUT2D eigenvalue weighted by molar-refractivity contribution is -0.150. The van der Waals surface area contributed by atoms with Crippen molar-refractivity contribution in [2.45, 2.75) is 45.6 Å². The van der Waals surface area contributed by atoms with Crippen molar-refractivity contribution in [1.29, 1.82) is 0 Å². The maximum atomic E-state index is 12.4. The topological polar surface area (TPSA) is 84.5 Å². The first-order valence-corrected chi connectivity index (χ1v) is 8.33. The number of benzene rings is 1. The molecule has 2 rings (SSSR count). The van der Waals surface area contributed by atoms with Gasteiger partial charge in [-0.15, -0.1) is 0 Å². The van der Waals surface area contributed by atoms with Crippen LogP contribution in [0.15, 0.2) is 24.3 Å². The van der Waals surface area contributed by atoms with Gasteiger partial charge >= 0.3 is 5.97 Å². The lowest BCUT2D eigenvalue weighted by Crippen LogP contribution is -2.33. The second-order valence-corrected chi connectivity index (χ2v) is 6.31. The van der Waals surface area contributed by atoms with E-state index < -0.39 is 11.9 Å². The Balaban J connectivity index is 1.96. The zero-order valence-electron chi connectivity index (χ0n) is 14.1. The van der Waals surface area contributed by atoms with Crippen molar-refractivity contribution < 1.29 is 19.1 Å². The van der Waals surface area contributed by atoms with Gasteiger partial charge in [-0.25, -0.2) is 0 Å². The number of nitrogens with one attached hydrogen (secondary N) is 2. The van der Waals surface area contributed by atoms with Gasteiger partial charge in [-0.2, -0.15) is 0 Å². The number of anilines is 1. The molecule has 2 N–H and O–H groups in total. The van der Waals surface area contributed by atoms with Crippen molar-refractivity contribution >= 4 is 23.5 Å². The molecular weight excluding hydrogens is 308 g/mol. The Kier molecular flexibility index (Phi) is 6.35. The van der Waals surface area contributed by atoms with Crippen LogP contribution >= 0.6 is 0 Å². The fourth-order valence-electron chi connectivity index (χ4n) is 2.61. The molecular formula is C18H24N2O4. The third kappa shape index (κ3) is 5.08. The Hall–Kier alpha value is -2.37. The molecule has 24 heavy (non-hydrogen) atoms. The van der Waals surface area contributed by atoms with Crippen LogP contribution in [0.4, 0.5) is 5.69 Å². The van der Waals surface area contributed by atoms with Crippen molar-refractivity contribution in [2.75, 3.05) is 11.9 Å². The third-order valence-corrected chi connectivity index (χ3v) is 3.95. The number of carbonyl (C=O) groups excluding carboxylic acids is 3. The molecule has 6 heteroatoms. The number of esters is 1. The molecule has 0 bridgehead atoms. The number of amides is 2. The zero-order chi connectivity index (χ0) is 17.5. The van der Waals surface area contributed by atoms with E-state index in [1.165, 1.54) is 0 Å². The summed E-state index contributed by atoms with van der Waals surface area (Å²) < 4.78 is 4.89. The minimum Gasteiger partial charge on any atom is -0.455 e. The van der Waals surface area contributed by atoms with Crippen LogP contribution in [0.2, 0.25) is 0 Å². The number of rotatable bonds is 6. The SMILES string of the molecule is CC(C)C(=O)OCC(=O)Nc1ccccc1C(=O)NC1CCCC1. The van der Waals surface area contributed by atoms with Crippen LogP contribution in [0.25, 0.3) is 0 Å². The zero-order valence-corrected chi connectivity index (χ0v) is 14.1. The summed E-state index contributed by atoms with van der Waals surface area (Å²) in [6, 6.07) is 7.01. The minimum atomic E-state index is -0.467. The van der Waals surface area contributed by atoms with Gasteiger partial charge in [0, 0.05) is 6.04 Å². The second kappa shape index (κ2) is 8.47. The molecule has 1 aromatic rings. The standard InChI is InChI=1S/C18H24N2O4/c1-12(2)18(23)24-11-16(21)20-15-10-6-5-9-14(15)17(22)19-13-7-3-4-8-13/h5-6,9-10,12-13H,3-4,7-8,11H2,1-2H3,(H,19,22)(H,20,21). The first-order chi connectivity index (χ1) is 11.5. The molecule has 0 aliphatic heterocycles. The Bertz CT molecular complexity index is 607. The molecule has 0 spiro atoms. The maximum absolute atomic E-state index is 12.4. The molecule has 1 aliphatic carbocycles. The van der Waals surface area contributed by atoms with E-state index in [2.05, 4.69) is 10.6 Å². The van der Waals surface area contributed by atoms with E-state index in [0.717, 1.165) is 25.7 Å². The Morgan fingerprint density at radius 2 is 1.83 bits per heavy atom. The Morgan fingerprint density at radius 1 is 1.17 bits per heavy atom. The van der Waals surface area contributed by atoms with Gasteiger partial charge in [0.2, 0.25) is 0 Å². The Morgan fingerprint density at radius 3 is 2.50 bits per heavy atom. The molecule has 2 amide bonds. The molecule has 1 saturated carbocycles. The molecule has 0 radical (unpaired) electrons. The molecule has 0 heterocycles. The van der Waals surface area contributed by atoms with Crippen molar-refractivity contribution in [3.63, 3.8) is 0 Å². The monoisotopic (exact) mass is 332 g/mol. The number of carbonyl (C=O) groups is 3. The van der Waals surface area contributed by atoms with E-state index >= 15 is 0 Å². The van der Waals surface area contributed by atoms with Gasteiger partial charge in [0.1, 0.15) is 0 Å². The molecule has 1 fully saturated rings. The van der Waals surface area contributed by atoms with Crippen LogP contribution in [0.5, 0.6) is 0 Å². The van der Waals surface area contributed by atoms with E-state index in [-0.39, 0.29) is 24.5 Å². The smallest absolute Gasteiger partial charge is 0.308 e. The summed E-state index contributed by atoms with van der Waals surface area (Å²) in [6.07, 6.45) is 4.24. The number of para-hydroxylation sites is 1. The highest BCUT2D eigenvalue weighted by atomic mass is 16.5. The van der Waals surface area contributed by atoms with Gasteiger partial charge in [-0.1, -0.05) is 38.8 Å². The maximum Gasteiger partial charge on any atom is 0.308 e. The normalized spacial score (nSPS) is 14.5. The van der Waals surface area contributed by atoms with Gasteiger partial charge in [0.05, 0.1) is 17.2 Å². The minimum absolute atomic E-state index is 0.197. The summed E-state index contributed by atoms with van der Waals surface area (Å²) in [4.78, 5) is 35.8. The van der Waals surface area contributed by atoms with Crippen LogP contribution in [-0.2, 0) is 14.3 Å². The lowest BCUT2D eigenvalue weighted by Gasteiger charge is -2.15. The third-order valence-electron chi connectivity index (χ3n) is 3.95. The van der Waals surface area contributed by atoms with Gasteiger partial charge in [0.15, 0.2) is 6.61 Å². The van der Waals surface area contributed by atoms with E-state index in [0.29, 0.717) is 11.3 Å². The second-order valence-electron chi connectivity index (χ2n) is 6.31. The van der Waals surface area contributed by atoms with E-state index in [1.807, 2.05) is 0 Å². The molecule has 0 aromatic heterocycles. The summed E-state index contributed by atoms with van der Waals surface area (Å²) in [5, 5.41) is 5.63. The molecule has 130 valence electrons. The largest absolute Gasteiger partial charge is 0.455 e. The molecule has 0 unspecified atom stereocenters. The fraction of sp³-hybridized carbons (Fsp3) is 0.500. The quantitative estimate of drug-likeness (QED) is 0.784. The summed E-state index contributed by atoms with van der Waals surface area (Å²) in [6.45, 7) is 3.03. The highest BCUT2D eigenvalue weighted by molar-refractivity contribution is 6.04. The van der Waals surface area contributed by atoms with Crippen LogP contribution in [0, 0.1) is 5.92 Å². The molecule has 6 nitrogen and oxygen atoms in total. The van der Waals surface area contributed by atoms with Gasteiger partial charge in [-0.05, 0) is 25.0 Å². The number of ether oxygens (including phenoxy) is 1. The van der Waals surface area contributed by atoms with Crippen LogP contribution in [-0.4, -0.2) is 30.4 Å². The number of hydrogen-bond donors (Lipinski definition) is 2. The summed E-state index contributed by atoms with van der Waals surface area (Å²) in [5.41, 5.74) is 0.825. The Labute approximate surface area is 142 Å². The first-order valence-electron chi connectivity index (χ1n) is 8.33. The average Bonchev–Trinajstić information content (AvgIpc) is 3.05. The van der Waals surface area contributed by atoms with Gasteiger partial charge in [-0.3, -0.25) is 14.4 Å². The van der Waals surface area contributed by atoms with Crippen LogP contribution < -0.4 is 10.6 Å². The van der Waals surface area contributed by atoms with Gasteiger partial charge < -0.3 is 15.4 Å².